The zero-order valence-electron chi connectivity index (χ0n) is 10.5. The van der Waals surface area contributed by atoms with E-state index in [1.807, 2.05) is 0 Å². The normalized spacial score (nSPS) is 12.5. The van der Waals surface area contributed by atoms with Crippen molar-refractivity contribution in [1.82, 2.24) is 13.7 Å². The SMILES string of the molecule is CN(CC(F)F)S(=O)(=O)c1c(NN)nc2ccccn12. The topological polar surface area (TPSA) is 92.7 Å². The Bertz CT molecular complexity index is 716. The second-order valence-electron chi connectivity index (χ2n) is 4.02. The van der Waals surface area contributed by atoms with Gasteiger partial charge in [-0.05, 0) is 12.1 Å². The van der Waals surface area contributed by atoms with Gasteiger partial charge in [0.15, 0.2) is 5.82 Å². The summed E-state index contributed by atoms with van der Waals surface area (Å²) in [6.45, 7) is -0.910. The van der Waals surface area contributed by atoms with Crippen LogP contribution in [0.15, 0.2) is 29.4 Å². The molecule has 2 aromatic heterocycles. The number of anilines is 1. The minimum atomic E-state index is -4.15. The van der Waals surface area contributed by atoms with Gasteiger partial charge in [0.1, 0.15) is 5.65 Å². The van der Waals surface area contributed by atoms with Crippen molar-refractivity contribution in [1.29, 1.82) is 0 Å². The van der Waals surface area contributed by atoms with Crippen LogP contribution in [0.3, 0.4) is 0 Å². The Balaban J connectivity index is 2.61. The predicted octanol–water partition coefficient (Wildman–Crippen LogP) is 0.505. The molecule has 20 heavy (non-hydrogen) atoms. The maximum atomic E-state index is 12.4. The lowest BCUT2D eigenvalue weighted by Gasteiger charge is -2.16. The van der Waals surface area contributed by atoms with Gasteiger partial charge in [0.2, 0.25) is 5.03 Å². The number of sulfonamides is 1. The molecule has 2 aromatic rings. The Morgan fingerprint density at radius 2 is 2.20 bits per heavy atom. The van der Waals surface area contributed by atoms with Crippen LogP contribution in [0.25, 0.3) is 5.65 Å². The molecule has 2 rings (SSSR count). The Morgan fingerprint density at radius 3 is 2.80 bits per heavy atom. The minimum absolute atomic E-state index is 0.0997. The third-order valence-electron chi connectivity index (χ3n) is 2.67. The highest BCUT2D eigenvalue weighted by Gasteiger charge is 2.30. The van der Waals surface area contributed by atoms with Crippen LogP contribution in [0.2, 0.25) is 0 Å². The summed E-state index contributed by atoms with van der Waals surface area (Å²) in [6, 6.07) is 4.84. The summed E-state index contributed by atoms with van der Waals surface area (Å²) in [6.07, 6.45) is -1.31. The molecule has 0 fully saturated rings. The van der Waals surface area contributed by atoms with Crippen LogP contribution in [0.1, 0.15) is 0 Å². The number of aromatic nitrogens is 2. The lowest BCUT2D eigenvalue weighted by molar-refractivity contribution is 0.126. The quantitative estimate of drug-likeness (QED) is 0.620. The van der Waals surface area contributed by atoms with Gasteiger partial charge in [-0.1, -0.05) is 6.07 Å². The average molecular weight is 305 g/mol. The van der Waals surface area contributed by atoms with Gasteiger partial charge in [0.05, 0.1) is 6.54 Å². The number of alkyl halides is 2. The van der Waals surface area contributed by atoms with Crippen LogP contribution in [-0.4, -0.2) is 42.1 Å². The molecule has 0 aliphatic carbocycles. The second-order valence-corrected chi connectivity index (χ2v) is 5.98. The number of nitrogen functional groups attached to an aromatic ring is 1. The highest BCUT2D eigenvalue weighted by atomic mass is 32.2. The number of hydrazine groups is 1. The van der Waals surface area contributed by atoms with Crippen molar-refractivity contribution in [2.75, 3.05) is 19.0 Å². The fraction of sp³-hybridized carbons (Fsp3) is 0.300. The van der Waals surface area contributed by atoms with Crippen LogP contribution in [-0.2, 0) is 10.0 Å². The highest BCUT2D eigenvalue weighted by molar-refractivity contribution is 7.89. The van der Waals surface area contributed by atoms with E-state index in [9.17, 15) is 17.2 Å². The van der Waals surface area contributed by atoms with Crippen molar-refractivity contribution in [3.05, 3.63) is 24.4 Å². The van der Waals surface area contributed by atoms with Gasteiger partial charge >= 0.3 is 0 Å². The molecule has 0 unspecified atom stereocenters. The molecule has 0 atom stereocenters. The molecule has 0 spiro atoms. The predicted molar refractivity (Wildman–Crippen MR) is 68.8 cm³/mol. The van der Waals surface area contributed by atoms with Gasteiger partial charge in [-0.3, -0.25) is 4.40 Å². The lowest BCUT2D eigenvalue weighted by atomic mass is 10.5. The second kappa shape index (κ2) is 5.31. The summed E-state index contributed by atoms with van der Waals surface area (Å²) < 4.78 is 51.3. The number of rotatable bonds is 5. The van der Waals surface area contributed by atoms with E-state index in [-0.39, 0.29) is 10.8 Å². The number of imidazole rings is 1. The van der Waals surface area contributed by atoms with E-state index in [0.29, 0.717) is 9.95 Å². The maximum absolute atomic E-state index is 12.4. The van der Waals surface area contributed by atoms with E-state index in [1.165, 1.54) is 10.6 Å². The zero-order valence-corrected chi connectivity index (χ0v) is 11.3. The van der Waals surface area contributed by atoms with Crippen molar-refractivity contribution in [3.8, 4) is 0 Å². The number of hydrogen-bond donors (Lipinski definition) is 2. The van der Waals surface area contributed by atoms with E-state index in [4.69, 9.17) is 5.84 Å². The summed E-state index contributed by atoms with van der Waals surface area (Å²) in [7, 11) is -3.08. The minimum Gasteiger partial charge on any atom is -0.306 e. The molecule has 0 aliphatic rings. The highest BCUT2D eigenvalue weighted by Crippen LogP contribution is 2.24. The van der Waals surface area contributed by atoms with Crippen molar-refractivity contribution in [2.24, 2.45) is 5.84 Å². The molecule has 0 bridgehead atoms. The third kappa shape index (κ3) is 2.44. The molecule has 110 valence electrons. The molecule has 10 heteroatoms. The van der Waals surface area contributed by atoms with Crippen LogP contribution < -0.4 is 11.3 Å². The molecule has 3 N–H and O–H groups in total. The Hall–Kier alpha value is -1.78. The van der Waals surface area contributed by atoms with Crippen molar-refractivity contribution < 1.29 is 17.2 Å². The van der Waals surface area contributed by atoms with Crippen LogP contribution in [0.5, 0.6) is 0 Å². The lowest BCUT2D eigenvalue weighted by Crippen LogP contribution is -2.32. The summed E-state index contributed by atoms with van der Waals surface area (Å²) >= 11 is 0. The standard InChI is InChI=1S/C10H13F2N5O2S/c1-16(6-7(11)12)20(18,19)10-9(15-13)14-8-4-2-3-5-17(8)10/h2-5,7,15H,6,13H2,1H3. The van der Waals surface area contributed by atoms with Crippen LogP contribution >= 0.6 is 0 Å². The molecular weight excluding hydrogens is 292 g/mol. The molecule has 7 nitrogen and oxygen atoms in total. The maximum Gasteiger partial charge on any atom is 0.262 e. The summed E-state index contributed by atoms with van der Waals surface area (Å²) in [5, 5.41) is -0.279. The molecule has 2 heterocycles. The van der Waals surface area contributed by atoms with E-state index in [2.05, 4.69) is 10.4 Å². The van der Waals surface area contributed by atoms with Gasteiger partial charge in [0.25, 0.3) is 16.4 Å². The van der Waals surface area contributed by atoms with Gasteiger partial charge in [-0.15, -0.1) is 0 Å². The molecule has 0 saturated heterocycles. The number of fused-ring (bicyclic) bond motifs is 1. The number of nitrogens with two attached hydrogens (primary N) is 1. The van der Waals surface area contributed by atoms with Crippen molar-refractivity contribution in [3.63, 3.8) is 0 Å². The van der Waals surface area contributed by atoms with Gasteiger partial charge in [0, 0.05) is 13.2 Å². The molecule has 0 saturated carbocycles. The summed E-state index contributed by atoms with van der Waals surface area (Å²) in [5.74, 6) is 5.16. The van der Waals surface area contributed by atoms with Crippen LogP contribution in [0, 0.1) is 0 Å². The summed E-state index contributed by atoms with van der Waals surface area (Å²) in [5.41, 5.74) is 2.51. The first-order valence-corrected chi connectivity index (χ1v) is 7.00. The Kier molecular flexibility index (Phi) is 3.88. The van der Waals surface area contributed by atoms with Crippen molar-refractivity contribution >= 4 is 21.5 Å². The van der Waals surface area contributed by atoms with Gasteiger partial charge in [-0.25, -0.2) is 28.0 Å². The molecular formula is C10H13F2N5O2S. The number of pyridine rings is 1. The number of halogens is 2. The molecule has 0 aromatic carbocycles. The first-order chi connectivity index (χ1) is 9.37. The third-order valence-corrected chi connectivity index (χ3v) is 4.52. The number of hydrogen-bond acceptors (Lipinski definition) is 5. The fourth-order valence-corrected chi connectivity index (χ4v) is 3.11. The Morgan fingerprint density at radius 1 is 1.50 bits per heavy atom. The first kappa shape index (κ1) is 14.6. The van der Waals surface area contributed by atoms with Crippen molar-refractivity contribution in [2.45, 2.75) is 11.5 Å². The average Bonchev–Trinajstić information content (AvgIpc) is 2.76. The summed E-state index contributed by atoms with van der Waals surface area (Å²) in [4.78, 5) is 3.99. The monoisotopic (exact) mass is 305 g/mol. The zero-order chi connectivity index (χ0) is 14.9. The smallest absolute Gasteiger partial charge is 0.262 e. The fourth-order valence-electron chi connectivity index (χ4n) is 1.75. The largest absolute Gasteiger partial charge is 0.306 e. The van der Waals surface area contributed by atoms with Gasteiger partial charge in [-0.2, -0.15) is 4.31 Å². The Labute approximate surface area is 114 Å². The van der Waals surface area contributed by atoms with E-state index < -0.39 is 23.0 Å². The first-order valence-electron chi connectivity index (χ1n) is 5.56. The number of nitrogens with one attached hydrogen (secondary N) is 1. The van der Waals surface area contributed by atoms with Crippen LogP contribution in [0.4, 0.5) is 14.6 Å². The molecule has 0 aliphatic heterocycles. The number of nitrogens with zero attached hydrogens (tertiary/aromatic N) is 3. The van der Waals surface area contributed by atoms with Gasteiger partial charge < -0.3 is 5.43 Å². The van der Waals surface area contributed by atoms with E-state index in [1.54, 1.807) is 18.2 Å². The molecule has 0 amide bonds. The van der Waals surface area contributed by atoms with E-state index >= 15 is 0 Å². The molecule has 0 radical (unpaired) electrons. The van der Waals surface area contributed by atoms with E-state index in [0.717, 1.165) is 7.05 Å².